The summed E-state index contributed by atoms with van der Waals surface area (Å²) in [5.74, 6) is -6.06. The molecule has 4 fully saturated rings. The van der Waals surface area contributed by atoms with Crippen LogP contribution in [-0.4, -0.2) is 257 Å². The van der Waals surface area contributed by atoms with Crippen LogP contribution in [0.4, 0.5) is 0 Å². The molecule has 4 aliphatic heterocycles. The fourth-order valence-electron chi connectivity index (χ4n) is 9.65. The normalized spacial score (nSPS) is 44.2. The molecule has 2 radical (unpaired) electrons. The third kappa shape index (κ3) is 15.7. The zero-order chi connectivity index (χ0) is 55.8. The number of esters is 1. The second-order valence-electron chi connectivity index (χ2n) is 20.6. The van der Waals surface area contributed by atoms with Crippen LogP contribution in [0.15, 0.2) is 0 Å². The van der Waals surface area contributed by atoms with Crippen LogP contribution in [0.1, 0.15) is 88.0 Å². The minimum absolute atomic E-state index is 0.107. The summed E-state index contributed by atoms with van der Waals surface area (Å²) in [6.07, 6.45) is -21.9. The number of aliphatic carboxylic acids is 1. The van der Waals surface area contributed by atoms with Gasteiger partial charge in [0.15, 0.2) is 25.0 Å². The van der Waals surface area contributed by atoms with Gasteiger partial charge in [-0.05, 0) is 68.0 Å². The van der Waals surface area contributed by atoms with Gasteiger partial charge in [-0.1, -0.05) is 27.7 Å². The minimum Gasteiger partial charge on any atom is -0.479 e. The molecule has 13 N–H and O–H groups in total. The van der Waals surface area contributed by atoms with Crippen LogP contribution in [0.5, 0.6) is 0 Å². The molecular formula is C48H85NO24. The summed E-state index contributed by atoms with van der Waals surface area (Å²) in [7, 11) is 5.26. The highest BCUT2D eigenvalue weighted by Crippen LogP contribution is 2.38. The van der Waals surface area contributed by atoms with Gasteiger partial charge in [-0.25, -0.2) is 4.79 Å². The number of Topliss-reactive ketones (excluding diaryl/α,β-unsaturated/α-hetero) is 1. The first kappa shape index (κ1) is 65.1. The molecule has 0 aliphatic carbocycles. The van der Waals surface area contributed by atoms with Gasteiger partial charge in [0, 0.05) is 43.7 Å². The third-order valence-corrected chi connectivity index (χ3v) is 14.7. The van der Waals surface area contributed by atoms with Crippen molar-refractivity contribution < 1.29 is 119 Å². The van der Waals surface area contributed by atoms with E-state index in [0.717, 1.165) is 0 Å². The summed E-state index contributed by atoms with van der Waals surface area (Å²) >= 11 is 0. The monoisotopic (exact) mass is 1060 g/mol. The van der Waals surface area contributed by atoms with E-state index in [0.29, 0.717) is 6.42 Å². The van der Waals surface area contributed by atoms with E-state index in [1.165, 1.54) is 14.0 Å². The molecule has 0 amide bonds. The van der Waals surface area contributed by atoms with Crippen LogP contribution in [0.25, 0.3) is 0 Å². The Kier molecular flexibility index (Phi) is 24.9. The molecule has 0 saturated carbocycles. The average molecular weight is 1060 g/mol. The number of carboxylic acid groups (broad SMARTS) is 1. The van der Waals surface area contributed by atoms with Gasteiger partial charge in [-0.15, -0.1) is 0 Å². The van der Waals surface area contributed by atoms with E-state index >= 15 is 0 Å². The molecule has 0 unspecified atom stereocenters. The quantitative estimate of drug-likeness (QED) is 0.0706. The molecule has 25 nitrogen and oxygen atoms in total. The van der Waals surface area contributed by atoms with Crippen LogP contribution in [0.2, 0.25) is 0 Å². The average Bonchev–Trinajstić information content (AvgIpc) is 3.35. The summed E-state index contributed by atoms with van der Waals surface area (Å²) in [6.45, 7) is 13.4. The van der Waals surface area contributed by atoms with Gasteiger partial charge < -0.3 is 109 Å². The van der Waals surface area contributed by atoms with E-state index in [4.69, 9.17) is 53.2 Å². The molecule has 4 aliphatic rings. The smallest absolute Gasteiger partial charge is 0.335 e. The van der Waals surface area contributed by atoms with Crippen molar-refractivity contribution in [2.24, 2.45) is 23.7 Å². The lowest BCUT2D eigenvalue weighted by Gasteiger charge is -2.47. The lowest BCUT2D eigenvalue weighted by Crippen LogP contribution is -2.61. The number of aliphatic hydroxyl groups excluding tert-OH is 11. The van der Waals surface area contributed by atoms with Gasteiger partial charge in [0.1, 0.15) is 72.4 Å². The number of carbonyl (C=O) groups is 3. The zero-order valence-corrected chi connectivity index (χ0v) is 43.9. The Hall–Kier alpha value is -2.19. The van der Waals surface area contributed by atoms with Gasteiger partial charge in [0.2, 0.25) is 0 Å². The van der Waals surface area contributed by atoms with Crippen molar-refractivity contribution in [1.29, 1.82) is 0 Å². The number of hydrogen-bond acceptors (Lipinski definition) is 24. The number of carbonyl (C=O) groups excluding carboxylic acids is 2. The zero-order valence-electron chi connectivity index (χ0n) is 43.9. The minimum atomic E-state index is -2.39. The maximum atomic E-state index is 14.0. The first-order chi connectivity index (χ1) is 33.8. The summed E-state index contributed by atoms with van der Waals surface area (Å²) in [5, 5.41) is 129. The van der Waals surface area contributed by atoms with Gasteiger partial charge in [-0.2, -0.15) is 0 Å². The van der Waals surface area contributed by atoms with Crippen molar-refractivity contribution >= 4 is 17.7 Å². The highest BCUT2D eigenvalue weighted by Gasteiger charge is 2.52. The Bertz CT molecular complexity index is 1710. The number of likely N-dealkylation sites (N-methyl/N-ethyl adjacent to an activating group) is 1. The number of nitrogens with zero attached hydrogens (tertiary/aromatic N) is 1. The lowest BCUT2D eigenvalue weighted by molar-refractivity contribution is -0.326. The Labute approximate surface area is 426 Å². The lowest BCUT2D eigenvalue weighted by atomic mass is 9.78. The van der Waals surface area contributed by atoms with E-state index in [1.807, 2.05) is 32.8 Å². The van der Waals surface area contributed by atoms with E-state index in [9.17, 15) is 65.4 Å². The summed E-state index contributed by atoms with van der Waals surface area (Å²) in [6, 6.07) is -0.250. The molecule has 0 spiro atoms. The molecule has 73 heavy (non-hydrogen) atoms. The van der Waals surface area contributed by atoms with Crippen molar-refractivity contribution in [1.82, 2.24) is 4.90 Å². The Balaban J connectivity index is 0.000000490. The van der Waals surface area contributed by atoms with Gasteiger partial charge in [-0.3, -0.25) is 9.59 Å². The molecule has 0 aromatic heterocycles. The number of carboxylic acids is 1. The number of ketones is 1. The molecule has 426 valence electrons. The number of hydrogen-bond donors (Lipinski definition) is 13. The molecule has 0 aromatic carbocycles. The van der Waals surface area contributed by atoms with Crippen LogP contribution in [-0.2, 0) is 52.3 Å². The van der Waals surface area contributed by atoms with Crippen molar-refractivity contribution in [3.8, 4) is 0 Å². The van der Waals surface area contributed by atoms with Crippen molar-refractivity contribution in [2.75, 3.05) is 34.4 Å². The first-order valence-electron chi connectivity index (χ1n) is 24.8. The van der Waals surface area contributed by atoms with Crippen LogP contribution in [0.3, 0.4) is 0 Å². The maximum absolute atomic E-state index is 14.0. The van der Waals surface area contributed by atoms with Crippen molar-refractivity contribution in [3.05, 3.63) is 6.42 Å². The van der Waals surface area contributed by atoms with E-state index in [-0.39, 0.29) is 37.2 Å². The molecule has 4 heterocycles. The SMILES string of the molecule is CC[C@H]1OC(=O)[C@H](C)[C@@H](O[C@H]2C[C@@](C)(OC)[C@@H](O)[C@H](C)O2)[C@H](C)[C@@H](O[C@@H]2O[C@H](C)C[C@H](N(C)C)[C@@H]2O)[C]C[C@@H](C)C(=O)[C@H](C)[C@@H](O)[C@]1(C)O.O=C(O)[C@H](O)[C@@H](O)[C@H](O[C@@H]1O[C@H](CO)[C@H](O)[C@H](O)[C@@H]1O)[C@H](O)CO. The van der Waals surface area contributed by atoms with Crippen LogP contribution in [0, 0.1) is 30.1 Å². The van der Waals surface area contributed by atoms with E-state index in [1.54, 1.807) is 41.5 Å². The summed E-state index contributed by atoms with van der Waals surface area (Å²) in [4.78, 5) is 40.2. The fraction of sp³-hybridized carbons (Fsp3) is 0.917. The molecular weight excluding hydrogens is 975 g/mol. The molecule has 26 atom stereocenters. The summed E-state index contributed by atoms with van der Waals surface area (Å²) < 4.78 is 46.9. The Morgan fingerprint density at radius 1 is 0.849 bits per heavy atom. The fourth-order valence-corrected chi connectivity index (χ4v) is 9.65. The predicted molar refractivity (Wildman–Crippen MR) is 250 cm³/mol. The molecule has 25 heteroatoms. The first-order valence-corrected chi connectivity index (χ1v) is 24.8. The summed E-state index contributed by atoms with van der Waals surface area (Å²) in [5.41, 5.74) is -2.94. The maximum Gasteiger partial charge on any atom is 0.335 e. The second kappa shape index (κ2) is 27.9. The highest BCUT2D eigenvalue weighted by molar-refractivity contribution is 5.83. The number of ether oxygens (including phenoxy) is 8. The molecule has 4 rings (SSSR count). The van der Waals surface area contributed by atoms with Crippen LogP contribution >= 0.6 is 0 Å². The topological polar surface area (TPSA) is 391 Å². The van der Waals surface area contributed by atoms with Crippen molar-refractivity contribution in [2.45, 2.75) is 222 Å². The Morgan fingerprint density at radius 3 is 2.00 bits per heavy atom. The van der Waals surface area contributed by atoms with Gasteiger partial charge in [0.25, 0.3) is 0 Å². The highest BCUT2D eigenvalue weighted by atomic mass is 16.7. The third-order valence-electron chi connectivity index (χ3n) is 14.7. The largest absolute Gasteiger partial charge is 0.479 e. The van der Waals surface area contributed by atoms with E-state index < -0.39 is 170 Å². The molecule has 0 aromatic rings. The number of methoxy groups -OCH3 is 1. The van der Waals surface area contributed by atoms with Gasteiger partial charge in [0.05, 0.1) is 55.3 Å². The number of aliphatic hydroxyl groups is 12. The van der Waals surface area contributed by atoms with Crippen LogP contribution < -0.4 is 0 Å². The predicted octanol–water partition coefficient (Wildman–Crippen LogP) is -3.55. The molecule has 0 bridgehead atoms. The van der Waals surface area contributed by atoms with Gasteiger partial charge >= 0.3 is 11.9 Å². The number of cyclic esters (lactones) is 1. The number of rotatable bonds is 15. The Morgan fingerprint density at radius 2 is 1.47 bits per heavy atom. The molecule has 4 saturated heterocycles. The second-order valence-corrected chi connectivity index (χ2v) is 20.6. The van der Waals surface area contributed by atoms with E-state index in [2.05, 4.69) is 6.42 Å². The van der Waals surface area contributed by atoms with Crippen molar-refractivity contribution in [3.63, 3.8) is 0 Å². The standard InChI is InChI=1S/C36H63NO12.C12H22O12/c1-13-26-36(9,43)31(40)21(5)28(38)18(2)14-15-25(47-34-29(39)24(37(10)11)16-19(3)45-34)20(4)30(22(6)33(42)48-26)49-27-17-35(8,44-12)32(41)23(7)46-27;13-1-3(15)10(7(18)8(19)11(21)22)24-12-9(20)6(17)5(16)4(2-14)23-12/h18-27,29-32,34,39-41,43H,13-14,16-17H2,1-12H3;3-10,12-20H,1-2H2,(H,21,22)/t18-,19-,20-,21+,22-,23+,24+,25+,26-,27+,29+,30+,31-,32+,34+,35-,36-;3-,4-,5+,6+,7-,8-,9+,10-,12+/m11/s1.